The minimum Gasteiger partial charge on any atom is -0.368 e. The van der Waals surface area contributed by atoms with Gasteiger partial charge >= 0.3 is 0 Å². The van der Waals surface area contributed by atoms with E-state index < -0.39 is 11.9 Å². The van der Waals surface area contributed by atoms with Gasteiger partial charge in [0, 0.05) is 13.3 Å². The molecule has 72 valence electrons. The first-order chi connectivity index (χ1) is 6.07. The summed E-state index contributed by atoms with van der Waals surface area (Å²) in [6, 6.07) is -0.592. The molecule has 0 heterocycles. The SMILES string of the molecule is C#CCCC[C@@H](NC(C)=O)C(N)=O. The third-order valence-electron chi connectivity index (χ3n) is 1.53. The molecule has 13 heavy (non-hydrogen) atoms. The highest BCUT2D eigenvalue weighted by atomic mass is 16.2. The normalized spacial score (nSPS) is 11.4. The van der Waals surface area contributed by atoms with Gasteiger partial charge in [0.1, 0.15) is 6.04 Å². The Balaban J connectivity index is 3.89. The zero-order chi connectivity index (χ0) is 10.3. The van der Waals surface area contributed by atoms with Crippen molar-refractivity contribution in [1.82, 2.24) is 5.32 Å². The molecule has 0 aliphatic heterocycles. The number of terminal acetylenes is 1. The fraction of sp³-hybridized carbons (Fsp3) is 0.556. The van der Waals surface area contributed by atoms with E-state index in [1.165, 1.54) is 6.92 Å². The highest BCUT2D eigenvalue weighted by Gasteiger charge is 2.14. The van der Waals surface area contributed by atoms with Crippen molar-refractivity contribution >= 4 is 11.8 Å². The van der Waals surface area contributed by atoms with Gasteiger partial charge in [-0.05, 0) is 12.8 Å². The standard InChI is InChI=1S/C9H14N2O2/c1-3-4-5-6-8(9(10)13)11-7(2)12/h1,8H,4-6H2,2H3,(H2,10,13)(H,11,12)/t8-/m1/s1. The molecule has 0 fully saturated rings. The number of amides is 2. The number of hydrogen-bond donors (Lipinski definition) is 2. The summed E-state index contributed by atoms with van der Waals surface area (Å²) in [5, 5.41) is 2.46. The van der Waals surface area contributed by atoms with Gasteiger partial charge in [-0.1, -0.05) is 0 Å². The van der Waals surface area contributed by atoms with Crippen molar-refractivity contribution in [2.45, 2.75) is 32.2 Å². The molecule has 0 bridgehead atoms. The van der Waals surface area contributed by atoms with Crippen LogP contribution >= 0.6 is 0 Å². The molecule has 0 rings (SSSR count). The van der Waals surface area contributed by atoms with E-state index in [9.17, 15) is 9.59 Å². The molecule has 0 radical (unpaired) electrons. The number of unbranched alkanes of at least 4 members (excludes halogenated alkanes) is 1. The molecule has 4 nitrogen and oxygen atoms in total. The molecule has 0 aliphatic carbocycles. The quantitative estimate of drug-likeness (QED) is 0.455. The van der Waals surface area contributed by atoms with E-state index in [2.05, 4.69) is 11.2 Å². The van der Waals surface area contributed by atoms with Gasteiger partial charge < -0.3 is 11.1 Å². The van der Waals surface area contributed by atoms with Gasteiger partial charge in [-0.25, -0.2) is 0 Å². The lowest BCUT2D eigenvalue weighted by atomic mass is 10.1. The number of nitrogens with one attached hydrogen (secondary N) is 1. The highest BCUT2D eigenvalue weighted by molar-refractivity contribution is 5.85. The van der Waals surface area contributed by atoms with Crippen LogP contribution in [0, 0.1) is 12.3 Å². The Kier molecular flexibility index (Phi) is 5.37. The van der Waals surface area contributed by atoms with Crippen LogP contribution in [0.3, 0.4) is 0 Å². The zero-order valence-electron chi connectivity index (χ0n) is 7.67. The molecule has 0 saturated carbocycles. The Morgan fingerprint density at radius 3 is 2.62 bits per heavy atom. The van der Waals surface area contributed by atoms with E-state index in [4.69, 9.17) is 12.2 Å². The summed E-state index contributed by atoms with van der Waals surface area (Å²) < 4.78 is 0. The second-order valence-electron chi connectivity index (χ2n) is 2.75. The van der Waals surface area contributed by atoms with Crippen molar-refractivity contribution in [2.75, 3.05) is 0 Å². The fourth-order valence-corrected chi connectivity index (χ4v) is 0.939. The molecular weight excluding hydrogens is 168 g/mol. The molecule has 0 aromatic carbocycles. The summed E-state index contributed by atoms with van der Waals surface area (Å²) >= 11 is 0. The first kappa shape index (κ1) is 11.5. The van der Waals surface area contributed by atoms with Gasteiger partial charge in [-0.3, -0.25) is 9.59 Å². The van der Waals surface area contributed by atoms with Crippen LogP contribution in [-0.4, -0.2) is 17.9 Å². The Morgan fingerprint density at radius 2 is 2.23 bits per heavy atom. The second-order valence-corrected chi connectivity index (χ2v) is 2.75. The van der Waals surface area contributed by atoms with Gasteiger partial charge in [0.15, 0.2) is 0 Å². The zero-order valence-corrected chi connectivity index (χ0v) is 7.67. The van der Waals surface area contributed by atoms with E-state index in [-0.39, 0.29) is 5.91 Å². The first-order valence-electron chi connectivity index (χ1n) is 4.07. The van der Waals surface area contributed by atoms with Crippen LogP contribution in [-0.2, 0) is 9.59 Å². The van der Waals surface area contributed by atoms with Crippen molar-refractivity contribution in [3.8, 4) is 12.3 Å². The summed E-state index contributed by atoms with van der Waals surface area (Å²) in [5.74, 6) is 1.67. The van der Waals surface area contributed by atoms with Crippen LogP contribution in [0.15, 0.2) is 0 Å². The first-order valence-corrected chi connectivity index (χ1v) is 4.07. The topological polar surface area (TPSA) is 72.2 Å². The molecule has 4 heteroatoms. The molecule has 2 amide bonds. The number of carbonyl (C=O) groups excluding carboxylic acids is 2. The largest absolute Gasteiger partial charge is 0.368 e. The summed E-state index contributed by atoms with van der Waals surface area (Å²) in [5.41, 5.74) is 5.06. The summed E-state index contributed by atoms with van der Waals surface area (Å²) in [6.45, 7) is 1.34. The molecule has 0 spiro atoms. The molecule has 0 saturated heterocycles. The lowest BCUT2D eigenvalue weighted by molar-refractivity contribution is -0.126. The van der Waals surface area contributed by atoms with E-state index in [1.807, 2.05) is 0 Å². The van der Waals surface area contributed by atoms with Crippen molar-refractivity contribution in [1.29, 1.82) is 0 Å². The van der Waals surface area contributed by atoms with Crippen LogP contribution in [0.25, 0.3) is 0 Å². The van der Waals surface area contributed by atoms with E-state index >= 15 is 0 Å². The van der Waals surface area contributed by atoms with Crippen LogP contribution in [0.2, 0.25) is 0 Å². The smallest absolute Gasteiger partial charge is 0.239 e. The van der Waals surface area contributed by atoms with Gasteiger partial charge in [0.05, 0.1) is 0 Å². The van der Waals surface area contributed by atoms with Crippen LogP contribution in [0.4, 0.5) is 0 Å². The Morgan fingerprint density at radius 1 is 1.62 bits per heavy atom. The van der Waals surface area contributed by atoms with Crippen molar-refractivity contribution in [3.63, 3.8) is 0 Å². The molecule has 0 aromatic rings. The number of primary amides is 1. The van der Waals surface area contributed by atoms with E-state index in [1.54, 1.807) is 0 Å². The summed E-state index contributed by atoms with van der Waals surface area (Å²) in [4.78, 5) is 21.4. The Hall–Kier alpha value is -1.50. The fourth-order valence-electron chi connectivity index (χ4n) is 0.939. The van der Waals surface area contributed by atoms with Crippen molar-refractivity contribution in [3.05, 3.63) is 0 Å². The number of rotatable bonds is 5. The molecule has 0 unspecified atom stereocenters. The van der Waals surface area contributed by atoms with Crippen LogP contribution in [0.5, 0.6) is 0 Å². The highest BCUT2D eigenvalue weighted by Crippen LogP contribution is 1.99. The lowest BCUT2D eigenvalue weighted by Crippen LogP contribution is -2.43. The predicted molar refractivity (Wildman–Crippen MR) is 49.5 cm³/mol. The van der Waals surface area contributed by atoms with Gasteiger partial charge in [-0.15, -0.1) is 12.3 Å². The van der Waals surface area contributed by atoms with Gasteiger partial charge in [0.2, 0.25) is 11.8 Å². The number of nitrogens with two attached hydrogens (primary N) is 1. The minimum atomic E-state index is -0.592. The van der Waals surface area contributed by atoms with Gasteiger partial charge in [0.25, 0.3) is 0 Å². The molecular formula is C9H14N2O2. The predicted octanol–water partition coefficient (Wildman–Crippen LogP) is -0.220. The van der Waals surface area contributed by atoms with Crippen LogP contribution < -0.4 is 11.1 Å². The maximum atomic E-state index is 10.8. The third kappa shape index (κ3) is 5.74. The number of hydrogen-bond acceptors (Lipinski definition) is 2. The van der Waals surface area contributed by atoms with Crippen molar-refractivity contribution in [2.24, 2.45) is 5.73 Å². The molecule has 3 N–H and O–H groups in total. The molecule has 0 aliphatic rings. The summed E-state index contributed by atoms with van der Waals surface area (Å²) in [7, 11) is 0. The second kappa shape index (κ2) is 6.06. The molecule has 1 atom stereocenters. The average molecular weight is 182 g/mol. The third-order valence-corrected chi connectivity index (χ3v) is 1.53. The Bertz CT molecular complexity index is 230. The van der Waals surface area contributed by atoms with Crippen molar-refractivity contribution < 1.29 is 9.59 Å². The lowest BCUT2D eigenvalue weighted by Gasteiger charge is -2.12. The molecule has 0 aromatic heterocycles. The summed E-state index contributed by atoms with van der Waals surface area (Å²) in [6.07, 6.45) is 6.81. The maximum absolute atomic E-state index is 10.8. The minimum absolute atomic E-state index is 0.260. The van der Waals surface area contributed by atoms with E-state index in [0.717, 1.165) is 0 Å². The van der Waals surface area contributed by atoms with Crippen LogP contribution in [0.1, 0.15) is 26.2 Å². The van der Waals surface area contributed by atoms with E-state index in [0.29, 0.717) is 19.3 Å². The van der Waals surface area contributed by atoms with Gasteiger partial charge in [-0.2, -0.15) is 0 Å². The maximum Gasteiger partial charge on any atom is 0.239 e. The average Bonchev–Trinajstić information content (AvgIpc) is 2.02. The Labute approximate surface area is 77.9 Å². The number of carbonyl (C=O) groups is 2. The monoisotopic (exact) mass is 182 g/mol.